The Morgan fingerprint density at radius 3 is 2.67 bits per heavy atom. The van der Waals surface area contributed by atoms with Crippen LogP contribution < -0.4 is 15.8 Å². The van der Waals surface area contributed by atoms with Crippen LogP contribution in [0.3, 0.4) is 0 Å². The summed E-state index contributed by atoms with van der Waals surface area (Å²) in [5.74, 6) is -0.651. The molecule has 1 aromatic carbocycles. The van der Waals surface area contributed by atoms with Gasteiger partial charge in [-0.15, -0.1) is 0 Å². The highest BCUT2D eigenvalue weighted by atomic mass is 79.9. The van der Waals surface area contributed by atoms with E-state index in [1.807, 2.05) is 0 Å². The Morgan fingerprint density at radius 1 is 1.44 bits per heavy atom. The molecule has 1 aromatic rings. The van der Waals surface area contributed by atoms with Gasteiger partial charge in [0, 0.05) is 0 Å². The number of hydrogen-bond donors (Lipinski definition) is 2. The van der Waals surface area contributed by atoms with Crippen molar-refractivity contribution in [2.24, 2.45) is 0 Å². The molecule has 1 rings (SSSR count). The van der Waals surface area contributed by atoms with Crippen LogP contribution in [0.25, 0.3) is 0 Å². The molecule has 0 heterocycles. The minimum Gasteiger partial charge on any atom is -0.480 e. The first-order valence-electron chi connectivity index (χ1n) is 4.80. The lowest BCUT2D eigenvalue weighted by atomic mass is 10.3. The summed E-state index contributed by atoms with van der Waals surface area (Å²) >= 11 is 3.15. The van der Waals surface area contributed by atoms with Gasteiger partial charge in [0.2, 0.25) is 0 Å². The van der Waals surface area contributed by atoms with Crippen LogP contribution in [-0.4, -0.2) is 25.2 Å². The second-order valence-electron chi connectivity index (χ2n) is 3.34. The normalized spacial score (nSPS) is 11.1. The fraction of sp³-hybridized carbons (Fsp3) is 0.300. The number of ether oxygens (including phenoxy) is 1. The van der Waals surface area contributed by atoms with Crippen LogP contribution in [0, 0.1) is 0 Å². The van der Waals surface area contributed by atoms with Crippen LogP contribution in [-0.2, 0) is 4.79 Å². The average Bonchev–Trinajstić information content (AvgIpc) is 2.25. The number of amides is 1. The number of alkyl halides is 3. The number of benzene rings is 1. The van der Waals surface area contributed by atoms with Crippen LogP contribution >= 0.6 is 15.9 Å². The number of carbonyl (C=O) groups excluding carboxylic acids is 1. The molecule has 100 valence electrons. The molecule has 0 aliphatic heterocycles. The van der Waals surface area contributed by atoms with Gasteiger partial charge in [0.15, 0.2) is 12.4 Å². The summed E-state index contributed by atoms with van der Waals surface area (Å²) in [6.07, 6.45) is -4.44. The number of hydrogen-bond acceptors (Lipinski definition) is 3. The average molecular weight is 327 g/mol. The first kappa shape index (κ1) is 14.6. The Morgan fingerprint density at radius 2 is 2.11 bits per heavy atom. The molecule has 0 aromatic heterocycles. The molecule has 1 amide bonds. The number of carbonyl (C=O) groups is 1. The summed E-state index contributed by atoms with van der Waals surface area (Å²) in [4.78, 5) is 11.1. The fourth-order valence-corrected chi connectivity index (χ4v) is 1.56. The van der Waals surface area contributed by atoms with Gasteiger partial charge in [-0.05, 0) is 28.1 Å². The molecule has 0 bridgehead atoms. The molecular weight excluding hydrogens is 317 g/mol. The summed E-state index contributed by atoms with van der Waals surface area (Å²) in [7, 11) is 0. The maximum Gasteiger partial charge on any atom is 0.405 e. The molecule has 0 fully saturated rings. The second kappa shape index (κ2) is 5.94. The van der Waals surface area contributed by atoms with E-state index in [0.29, 0.717) is 4.47 Å². The summed E-state index contributed by atoms with van der Waals surface area (Å²) in [5, 5.41) is 1.69. The molecule has 0 aliphatic rings. The van der Waals surface area contributed by atoms with E-state index in [2.05, 4.69) is 15.9 Å². The highest BCUT2D eigenvalue weighted by Crippen LogP contribution is 2.30. The van der Waals surface area contributed by atoms with Gasteiger partial charge in [0.25, 0.3) is 5.91 Å². The maximum atomic E-state index is 11.8. The summed E-state index contributed by atoms with van der Waals surface area (Å²) in [6, 6.07) is 4.85. The van der Waals surface area contributed by atoms with Gasteiger partial charge in [-0.25, -0.2) is 0 Å². The van der Waals surface area contributed by atoms with E-state index >= 15 is 0 Å². The Hall–Kier alpha value is -1.44. The minimum atomic E-state index is -4.44. The molecule has 8 heteroatoms. The number of para-hydroxylation sites is 1. The molecular formula is C10H10BrF3N2O2. The van der Waals surface area contributed by atoms with Crippen LogP contribution in [0.4, 0.5) is 18.9 Å². The van der Waals surface area contributed by atoms with Crippen molar-refractivity contribution in [3.63, 3.8) is 0 Å². The lowest BCUT2D eigenvalue weighted by Crippen LogP contribution is -2.36. The number of nitrogen functional groups attached to an aromatic ring is 1. The summed E-state index contributed by atoms with van der Waals surface area (Å²) in [6.45, 7) is -1.93. The number of nitrogens with two attached hydrogens (primary N) is 1. The lowest BCUT2D eigenvalue weighted by molar-refractivity contribution is -0.139. The SMILES string of the molecule is Nc1cccc(Br)c1OCC(=O)NCC(F)(F)F. The molecule has 0 radical (unpaired) electrons. The van der Waals surface area contributed by atoms with Gasteiger partial charge in [0.05, 0.1) is 10.2 Å². The summed E-state index contributed by atoms with van der Waals surface area (Å²) < 4.78 is 41.0. The fourth-order valence-electron chi connectivity index (χ4n) is 1.07. The second-order valence-corrected chi connectivity index (χ2v) is 4.19. The van der Waals surface area contributed by atoms with E-state index in [9.17, 15) is 18.0 Å². The Balaban J connectivity index is 2.48. The van der Waals surface area contributed by atoms with Crippen molar-refractivity contribution in [3.8, 4) is 5.75 Å². The summed E-state index contributed by atoms with van der Waals surface area (Å²) in [5.41, 5.74) is 5.87. The predicted octanol–water partition coefficient (Wildman–Crippen LogP) is 2.09. The minimum absolute atomic E-state index is 0.222. The van der Waals surface area contributed by atoms with Gasteiger partial charge >= 0.3 is 6.18 Å². The Kier molecular flexibility index (Phi) is 4.83. The Labute approximate surface area is 109 Å². The smallest absolute Gasteiger partial charge is 0.405 e. The number of rotatable bonds is 4. The highest BCUT2D eigenvalue weighted by molar-refractivity contribution is 9.10. The third-order valence-electron chi connectivity index (χ3n) is 1.83. The first-order chi connectivity index (χ1) is 8.29. The zero-order chi connectivity index (χ0) is 13.8. The van der Waals surface area contributed by atoms with Crippen LogP contribution in [0.1, 0.15) is 0 Å². The standard InChI is InChI=1S/C10H10BrF3N2O2/c11-6-2-1-3-7(15)9(6)18-4-8(17)16-5-10(12,13)14/h1-3H,4-5,15H2,(H,16,17). The molecule has 3 N–H and O–H groups in total. The van der Waals surface area contributed by atoms with Crippen molar-refractivity contribution in [1.82, 2.24) is 5.32 Å². The molecule has 0 saturated carbocycles. The number of halogens is 4. The first-order valence-corrected chi connectivity index (χ1v) is 5.59. The molecule has 0 saturated heterocycles. The molecule has 4 nitrogen and oxygen atoms in total. The van der Waals surface area contributed by atoms with Crippen molar-refractivity contribution in [2.75, 3.05) is 18.9 Å². The van der Waals surface area contributed by atoms with E-state index in [-0.39, 0.29) is 11.4 Å². The van der Waals surface area contributed by atoms with E-state index in [1.54, 1.807) is 23.5 Å². The predicted molar refractivity (Wildman–Crippen MR) is 63.1 cm³/mol. The molecule has 0 atom stereocenters. The van der Waals surface area contributed by atoms with Crippen LogP contribution in [0.5, 0.6) is 5.75 Å². The van der Waals surface area contributed by atoms with E-state index in [1.165, 1.54) is 0 Å². The van der Waals surface area contributed by atoms with E-state index < -0.39 is 25.2 Å². The third kappa shape index (κ3) is 4.82. The van der Waals surface area contributed by atoms with E-state index in [0.717, 1.165) is 0 Å². The van der Waals surface area contributed by atoms with E-state index in [4.69, 9.17) is 10.5 Å². The quantitative estimate of drug-likeness (QED) is 0.833. The van der Waals surface area contributed by atoms with Gasteiger partial charge < -0.3 is 15.8 Å². The van der Waals surface area contributed by atoms with Crippen molar-refractivity contribution in [1.29, 1.82) is 0 Å². The zero-order valence-electron chi connectivity index (χ0n) is 9.05. The maximum absolute atomic E-state index is 11.8. The largest absolute Gasteiger partial charge is 0.480 e. The molecule has 0 spiro atoms. The highest BCUT2D eigenvalue weighted by Gasteiger charge is 2.27. The van der Waals surface area contributed by atoms with Crippen molar-refractivity contribution in [2.45, 2.75) is 6.18 Å². The third-order valence-corrected chi connectivity index (χ3v) is 2.46. The molecule has 18 heavy (non-hydrogen) atoms. The van der Waals surface area contributed by atoms with Gasteiger partial charge in [-0.2, -0.15) is 13.2 Å². The van der Waals surface area contributed by atoms with Gasteiger partial charge in [-0.3, -0.25) is 4.79 Å². The monoisotopic (exact) mass is 326 g/mol. The molecule has 0 aliphatic carbocycles. The lowest BCUT2D eigenvalue weighted by Gasteiger charge is -2.11. The Bertz CT molecular complexity index is 417. The van der Waals surface area contributed by atoms with Crippen molar-refractivity contribution >= 4 is 27.5 Å². The number of anilines is 1. The van der Waals surface area contributed by atoms with Crippen molar-refractivity contribution < 1.29 is 22.7 Å². The number of nitrogens with one attached hydrogen (secondary N) is 1. The van der Waals surface area contributed by atoms with Crippen molar-refractivity contribution in [3.05, 3.63) is 22.7 Å². The van der Waals surface area contributed by atoms with Crippen LogP contribution in [0.2, 0.25) is 0 Å². The van der Waals surface area contributed by atoms with Gasteiger partial charge in [-0.1, -0.05) is 6.07 Å². The molecule has 0 unspecified atom stereocenters. The van der Waals surface area contributed by atoms with Gasteiger partial charge in [0.1, 0.15) is 6.54 Å². The van der Waals surface area contributed by atoms with Crippen LogP contribution in [0.15, 0.2) is 22.7 Å². The topological polar surface area (TPSA) is 64.3 Å². The zero-order valence-corrected chi connectivity index (χ0v) is 10.6.